The fourth-order valence-electron chi connectivity index (χ4n) is 1.33. The summed E-state index contributed by atoms with van der Waals surface area (Å²) in [6.07, 6.45) is 0. The van der Waals surface area contributed by atoms with Crippen molar-refractivity contribution in [1.82, 2.24) is 4.98 Å². The van der Waals surface area contributed by atoms with Crippen LogP contribution in [0.1, 0.15) is 5.69 Å². The van der Waals surface area contributed by atoms with Crippen molar-refractivity contribution in [3.8, 4) is 0 Å². The number of hydrogen-bond donors (Lipinski definition) is 2. The number of benzene rings is 1. The van der Waals surface area contributed by atoms with E-state index < -0.39 is 0 Å². The summed E-state index contributed by atoms with van der Waals surface area (Å²) in [5, 5.41) is 9.84. The van der Waals surface area contributed by atoms with Crippen molar-refractivity contribution in [1.29, 1.82) is 0 Å². The predicted octanol–water partition coefficient (Wildman–Crippen LogP) is 2.21. The van der Waals surface area contributed by atoms with Gasteiger partial charge in [-0.25, -0.2) is 4.85 Å². The average Bonchev–Trinajstić information content (AvgIpc) is 2.58. The highest BCUT2D eigenvalue weighted by Gasteiger charge is 1.99. The Balaban J connectivity index is 2.65. The highest BCUT2D eigenvalue weighted by Crippen LogP contribution is 2.21. The van der Waals surface area contributed by atoms with Gasteiger partial charge in [0.1, 0.15) is 0 Å². The Morgan fingerprint density at radius 3 is 2.92 bits per heavy atom. The molecule has 13 heavy (non-hydrogen) atoms. The molecule has 3 nitrogen and oxygen atoms in total. The largest absolute Gasteiger partial charge is 0.390 e. The lowest BCUT2D eigenvalue weighted by molar-refractivity contribution is 0.278. The van der Waals surface area contributed by atoms with Gasteiger partial charge < -0.3 is 10.1 Å². The summed E-state index contributed by atoms with van der Waals surface area (Å²) in [6, 6.07) is 7.26. The van der Waals surface area contributed by atoms with Gasteiger partial charge in [0, 0.05) is 11.2 Å². The number of hydrogen-bond acceptors (Lipinski definition) is 1. The van der Waals surface area contributed by atoms with Crippen molar-refractivity contribution in [2.75, 3.05) is 0 Å². The zero-order valence-corrected chi connectivity index (χ0v) is 6.91. The number of fused-ring (bicyclic) bond motifs is 1. The van der Waals surface area contributed by atoms with E-state index in [-0.39, 0.29) is 6.61 Å². The number of nitrogens with one attached hydrogen (secondary N) is 1. The van der Waals surface area contributed by atoms with E-state index >= 15 is 0 Å². The van der Waals surface area contributed by atoms with E-state index in [4.69, 9.17) is 11.7 Å². The van der Waals surface area contributed by atoms with Crippen LogP contribution in [-0.4, -0.2) is 10.1 Å². The molecule has 1 aromatic heterocycles. The van der Waals surface area contributed by atoms with Crippen molar-refractivity contribution in [2.24, 2.45) is 0 Å². The van der Waals surface area contributed by atoms with Crippen molar-refractivity contribution < 1.29 is 5.11 Å². The molecule has 0 saturated carbocycles. The number of H-pyrrole nitrogens is 1. The zero-order valence-electron chi connectivity index (χ0n) is 6.91. The highest BCUT2D eigenvalue weighted by atomic mass is 16.3. The number of aromatic amines is 1. The third kappa shape index (κ3) is 1.28. The molecule has 2 aromatic rings. The van der Waals surface area contributed by atoms with Gasteiger partial charge in [-0.05, 0) is 23.6 Å². The number of aliphatic hydroxyl groups is 1. The number of rotatable bonds is 1. The zero-order chi connectivity index (χ0) is 9.26. The maximum atomic E-state index is 8.87. The highest BCUT2D eigenvalue weighted by molar-refractivity contribution is 5.84. The summed E-state index contributed by atoms with van der Waals surface area (Å²) < 4.78 is 0. The first-order valence-corrected chi connectivity index (χ1v) is 3.93. The summed E-state index contributed by atoms with van der Waals surface area (Å²) in [5.74, 6) is 0. The summed E-state index contributed by atoms with van der Waals surface area (Å²) in [6.45, 7) is 6.84. The first-order valence-electron chi connectivity index (χ1n) is 3.93. The van der Waals surface area contributed by atoms with Gasteiger partial charge in [-0.1, -0.05) is 6.07 Å². The smallest absolute Gasteiger partial charge is 0.187 e. The molecule has 0 radical (unpaired) electrons. The summed E-state index contributed by atoms with van der Waals surface area (Å²) in [4.78, 5) is 6.37. The van der Waals surface area contributed by atoms with Crippen LogP contribution in [0.5, 0.6) is 0 Å². The van der Waals surface area contributed by atoms with Crippen LogP contribution in [0.3, 0.4) is 0 Å². The molecule has 0 spiro atoms. The minimum atomic E-state index is 0.00202. The lowest BCUT2D eigenvalue weighted by Gasteiger charge is -1.89. The average molecular weight is 172 g/mol. The third-order valence-corrected chi connectivity index (χ3v) is 1.96. The molecule has 0 aliphatic rings. The van der Waals surface area contributed by atoms with E-state index in [1.165, 1.54) is 0 Å². The van der Waals surface area contributed by atoms with Crippen LogP contribution in [0.15, 0.2) is 24.3 Å². The predicted molar refractivity (Wildman–Crippen MR) is 50.5 cm³/mol. The minimum absolute atomic E-state index is 0.00202. The van der Waals surface area contributed by atoms with E-state index in [2.05, 4.69) is 9.83 Å². The van der Waals surface area contributed by atoms with E-state index in [1.54, 1.807) is 12.1 Å². The molecule has 1 heterocycles. The van der Waals surface area contributed by atoms with Gasteiger partial charge in [-0.3, -0.25) is 0 Å². The van der Waals surface area contributed by atoms with E-state index in [1.807, 2.05) is 12.1 Å². The van der Waals surface area contributed by atoms with Crippen LogP contribution >= 0.6 is 0 Å². The molecule has 2 rings (SSSR count). The lowest BCUT2D eigenvalue weighted by Crippen LogP contribution is -1.78. The molecule has 2 N–H and O–H groups in total. The van der Waals surface area contributed by atoms with Crippen LogP contribution in [0.25, 0.3) is 15.7 Å². The topological polar surface area (TPSA) is 40.4 Å². The fourth-order valence-corrected chi connectivity index (χ4v) is 1.33. The number of aliphatic hydroxyl groups excluding tert-OH is 1. The van der Waals surface area contributed by atoms with Crippen molar-refractivity contribution in [3.63, 3.8) is 0 Å². The van der Waals surface area contributed by atoms with Crippen LogP contribution in [0.4, 0.5) is 5.69 Å². The Labute approximate surface area is 75.4 Å². The van der Waals surface area contributed by atoms with Gasteiger partial charge >= 0.3 is 0 Å². The quantitative estimate of drug-likeness (QED) is 0.636. The molecule has 0 aliphatic heterocycles. The molecule has 0 atom stereocenters. The molecule has 3 heteroatoms. The van der Waals surface area contributed by atoms with Crippen molar-refractivity contribution in [2.45, 2.75) is 6.61 Å². The fraction of sp³-hybridized carbons (Fsp3) is 0.100. The van der Waals surface area contributed by atoms with Gasteiger partial charge in [-0.15, -0.1) is 0 Å². The molecule has 0 fully saturated rings. The van der Waals surface area contributed by atoms with Crippen LogP contribution in [-0.2, 0) is 6.61 Å². The van der Waals surface area contributed by atoms with Gasteiger partial charge in [-0.2, -0.15) is 0 Å². The molecule has 64 valence electrons. The molecular weight excluding hydrogens is 164 g/mol. The van der Waals surface area contributed by atoms with Crippen LogP contribution < -0.4 is 0 Å². The van der Waals surface area contributed by atoms with Crippen molar-refractivity contribution in [3.05, 3.63) is 41.4 Å². The maximum absolute atomic E-state index is 8.87. The van der Waals surface area contributed by atoms with Gasteiger partial charge in [0.2, 0.25) is 0 Å². The Morgan fingerprint density at radius 1 is 1.38 bits per heavy atom. The van der Waals surface area contributed by atoms with Gasteiger partial charge in [0.05, 0.1) is 13.2 Å². The maximum Gasteiger partial charge on any atom is 0.187 e. The van der Waals surface area contributed by atoms with Crippen molar-refractivity contribution >= 4 is 16.6 Å². The second kappa shape index (κ2) is 2.92. The molecule has 0 unspecified atom stereocenters. The lowest BCUT2D eigenvalue weighted by atomic mass is 10.2. The van der Waals surface area contributed by atoms with Gasteiger partial charge in [0.15, 0.2) is 5.69 Å². The summed E-state index contributed by atoms with van der Waals surface area (Å²) in [7, 11) is 0. The van der Waals surface area contributed by atoms with E-state index in [0.29, 0.717) is 5.69 Å². The summed E-state index contributed by atoms with van der Waals surface area (Å²) in [5.41, 5.74) is 2.35. The monoisotopic (exact) mass is 172 g/mol. The first kappa shape index (κ1) is 7.84. The molecular formula is C10H8N2O. The minimum Gasteiger partial charge on any atom is -0.390 e. The Kier molecular flexibility index (Phi) is 1.76. The Bertz CT molecular complexity index is 479. The molecule has 1 aromatic carbocycles. The number of aromatic nitrogens is 1. The number of nitrogens with zero attached hydrogens (tertiary/aromatic N) is 1. The molecule has 0 amide bonds. The van der Waals surface area contributed by atoms with E-state index in [9.17, 15) is 0 Å². The normalized spacial score (nSPS) is 10.2. The van der Waals surface area contributed by atoms with Crippen LogP contribution in [0.2, 0.25) is 0 Å². The second-order valence-electron chi connectivity index (χ2n) is 2.84. The van der Waals surface area contributed by atoms with Gasteiger partial charge in [0.25, 0.3) is 0 Å². The first-order chi connectivity index (χ1) is 6.33. The Hall–Kier alpha value is -1.79. The molecule has 0 bridgehead atoms. The Morgan fingerprint density at radius 2 is 2.23 bits per heavy atom. The standard InChI is InChI=1S/C10H8N2O/c1-11-8-2-3-10-7(4-8)5-9(6-13)12-10/h2-5,12-13H,6H2. The third-order valence-electron chi connectivity index (χ3n) is 1.96. The SMILES string of the molecule is [C-]#[N+]c1ccc2[nH]c(CO)cc2c1. The van der Waals surface area contributed by atoms with E-state index in [0.717, 1.165) is 16.6 Å². The summed E-state index contributed by atoms with van der Waals surface area (Å²) >= 11 is 0. The molecule has 0 aliphatic carbocycles. The second-order valence-corrected chi connectivity index (χ2v) is 2.84. The molecule has 0 saturated heterocycles. The van der Waals surface area contributed by atoms with Crippen LogP contribution in [0, 0.1) is 6.57 Å².